The number of amides is 3. The Morgan fingerprint density at radius 1 is 1.32 bits per heavy atom. The third-order valence-corrected chi connectivity index (χ3v) is 5.00. The minimum absolute atomic E-state index is 0.0227. The van der Waals surface area contributed by atoms with Crippen LogP contribution < -0.4 is 10.6 Å². The van der Waals surface area contributed by atoms with E-state index in [2.05, 4.69) is 48.2 Å². The largest absolute Gasteiger partial charge is 0.356 e. The van der Waals surface area contributed by atoms with Crippen molar-refractivity contribution >= 4 is 17.9 Å². The summed E-state index contributed by atoms with van der Waals surface area (Å²) in [6, 6.07) is -0.324. The Bertz CT molecular complexity index is 482. The van der Waals surface area contributed by atoms with E-state index in [-0.39, 0.29) is 29.4 Å². The van der Waals surface area contributed by atoms with Crippen LogP contribution in [0, 0.1) is 5.41 Å². The zero-order valence-electron chi connectivity index (χ0n) is 14.2. The number of aliphatic imine (C=N–C) groups is 1. The van der Waals surface area contributed by atoms with Crippen LogP contribution in [0.4, 0.5) is 4.79 Å². The van der Waals surface area contributed by atoms with Gasteiger partial charge in [-0.2, -0.15) is 0 Å². The number of hydrogen-bond donors (Lipinski definition) is 2. The minimum atomic E-state index is -0.324. The highest BCUT2D eigenvalue weighted by molar-refractivity contribution is 6.01. The predicted molar refractivity (Wildman–Crippen MR) is 85.7 cm³/mol. The fourth-order valence-corrected chi connectivity index (χ4v) is 2.73. The summed E-state index contributed by atoms with van der Waals surface area (Å²) < 4.78 is 0. The quantitative estimate of drug-likeness (QED) is 0.453. The average molecular weight is 309 g/mol. The first-order chi connectivity index (χ1) is 10.2. The first kappa shape index (κ1) is 16.6. The van der Waals surface area contributed by atoms with Crippen molar-refractivity contribution in [3.63, 3.8) is 0 Å². The van der Waals surface area contributed by atoms with Crippen LogP contribution in [0.15, 0.2) is 4.99 Å². The van der Waals surface area contributed by atoms with E-state index in [1.165, 1.54) is 4.90 Å². The molecule has 0 aromatic carbocycles. The molecule has 0 atom stereocenters. The maximum absolute atomic E-state index is 11.5. The van der Waals surface area contributed by atoms with Crippen molar-refractivity contribution in [2.45, 2.75) is 40.2 Å². The molecule has 22 heavy (non-hydrogen) atoms. The molecule has 0 spiro atoms. The number of urea groups is 1. The molecular formula is C15H27N5O2. The molecule has 2 heterocycles. The van der Waals surface area contributed by atoms with Crippen LogP contribution in [0.25, 0.3) is 0 Å². The van der Waals surface area contributed by atoms with Crippen molar-refractivity contribution in [2.24, 2.45) is 10.4 Å². The molecule has 0 aromatic heterocycles. The van der Waals surface area contributed by atoms with Crippen molar-refractivity contribution in [1.82, 2.24) is 20.4 Å². The third kappa shape index (κ3) is 2.76. The lowest BCUT2D eigenvalue weighted by atomic mass is 9.65. The molecule has 7 heteroatoms. The molecule has 3 amide bonds. The second kappa shape index (κ2) is 5.78. The number of guanidine groups is 1. The summed E-state index contributed by atoms with van der Waals surface area (Å²) in [6.07, 6.45) is 0. The molecule has 2 saturated heterocycles. The average Bonchev–Trinajstić information content (AvgIpc) is 2.75. The Labute approximate surface area is 132 Å². The van der Waals surface area contributed by atoms with Gasteiger partial charge in [0, 0.05) is 24.0 Å². The highest BCUT2D eigenvalue weighted by atomic mass is 16.2. The third-order valence-electron chi connectivity index (χ3n) is 5.00. The van der Waals surface area contributed by atoms with Gasteiger partial charge in [0.15, 0.2) is 5.96 Å². The summed E-state index contributed by atoms with van der Waals surface area (Å²) in [5.41, 5.74) is 0.253. The summed E-state index contributed by atoms with van der Waals surface area (Å²) in [5, 5.41) is 5.81. The van der Waals surface area contributed by atoms with E-state index in [9.17, 15) is 9.59 Å². The molecule has 0 bridgehead atoms. The Morgan fingerprint density at radius 3 is 2.45 bits per heavy atom. The molecule has 2 aliphatic heterocycles. The molecule has 0 radical (unpaired) electrons. The van der Waals surface area contributed by atoms with Gasteiger partial charge >= 0.3 is 6.03 Å². The number of likely N-dealkylation sites (tertiary alicyclic amines) is 1. The van der Waals surface area contributed by atoms with E-state index in [1.54, 1.807) is 0 Å². The number of hydrogen-bond acceptors (Lipinski definition) is 3. The monoisotopic (exact) mass is 309 g/mol. The van der Waals surface area contributed by atoms with Crippen molar-refractivity contribution in [3.8, 4) is 0 Å². The summed E-state index contributed by atoms with van der Waals surface area (Å²) in [7, 11) is 0. The molecule has 7 nitrogen and oxygen atoms in total. The van der Waals surface area contributed by atoms with E-state index in [1.807, 2.05) is 6.92 Å². The zero-order valence-corrected chi connectivity index (χ0v) is 14.2. The van der Waals surface area contributed by atoms with Gasteiger partial charge in [-0.15, -0.1) is 0 Å². The second-order valence-corrected chi connectivity index (χ2v) is 6.97. The lowest BCUT2D eigenvalue weighted by Gasteiger charge is -2.62. The van der Waals surface area contributed by atoms with Gasteiger partial charge in [0.2, 0.25) is 5.91 Å². The van der Waals surface area contributed by atoms with E-state index in [0.29, 0.717) is 13.1 Å². The van der Waals surface area contributed by atoms with E-state index >= 15 is 0 Å². The zero-order chi connectivity index (χ0) is 16.5. The number of rotatable bonds is 4. The fourth-order valence-electron chi connectivity index (χ4n) is 2.73. The molecule has 2 rings (SSSR count). The Morgan fingerprint density at radius 2 is 2.00 bits per heavy atom. The maximum Gasteiger partial charge on any atom is 0.324 e. The molecular weight excluding hydrogens is 282 g/mol. The van der Waals surface area contributed by atoms with E-state index in [4.69, 9.17) is 0 Å². The topological polar surface area (TPSA) is 77.0 Å². The second-order valence-electron chi connectivity index (χ2n) is 6.97. The number of imide groups is 1. The number of carbonyl (C=O) groups excluding carboxylic acids is 2. The SMILES string of the molecule is CCNC(=NCCN1C(=O)CNC1=O)N1CC(C)(C)C1(C)C. The predicted octanol–water partition coefficient (Wildman–Crippen LogP) is 0.624. The first-order valence-corrected chi connectivity index (χ1v) is 7.85. The van der Waals surface area contributed by atoms with Crippen LogP contribution in [0.2, 0.25) is 0 Å². The van der Waals surface area contributed by atoms with Gasteiger partial charge in [0.05, 0.1) is 19.6 Å². The minimum Gasteiger partial charge on any atom is -0.356 e. The highest BCUT2D eigenvalue weighted by Crippen LogP contribution is 2.46. The van der Waals surface area contributed by atoms with Gasteiger partial charge in [-0.1, -0.05) is 13.8 Å². The van der Waals surface area contributed by atoms with Gasteiger partial charge in [-0.25, -0.2) is 4.79 Å². The summed E-state index contributed by atoms with van der Waals surface area (Å²) in [5.74, 6) is 0.662. The maximum atomic E-state index is 11.5. The molecule has 2 fully saturated rings. The normalized spacial score (nSPS) is 23.4. The number of carbonyl (C=O) groups is 2. The van der Waals surface area contributed by atoms with Crippen molar-refractivity contribution in [2.75, 3.05) is 32.7 Å². The van der Waals surface area contributed by atoms with Crippen molar-refractivity contribution in [3.05, 3.63) is 0 Å². The number of nitrogens with zero attached hydrogens (tertiary/aromatic N) is 3. The van der Waals surface area contributed by atoms with E-state index < -0.39 is 0 Å². The Balaban J connectivity index is 2.00. The van der Waals surface area contributed by atoms with Gasteiger partial charge in [-0.05, 0) is 20.8 Å². The number of nitrogens with one attached hydrogen (secondary N) is 2. The highest BCUT2D eigenvalue weighted by Gasteiger charge is 2.53. The molecule has 0 saturated carbocycles. The smallest absolute Gasteiger partial charge is 0.324 e. The van der Waals surface area contributed by atoms with Crippen molar-refractivity contribution < 1.29 is 9.59 Å². The van der Waals surface area contributed by atoms with Crippen LogP contribution >= 0.6 is 0 Å². The summed E-state index contributed by atoms with van der Waals surface area (Å²) in [6.45, 7) is 13.5. The Hall–Kier alpha value is -1.79. The molecule has 0 aromatic rings. The van der Waals surface area contributed by atoms with Gasteiger partial charge in [0.25, 0.3) is 0 Å². The summed E-state index contributed by atoms with van der Waals surface area (Å²) >= 11 is 0. The van der Waals surface area contributed by atoms with Crippen LogP contribution in [0.5, 0.6) is 0 Å². The molecule has 124 valence electrons. The Kier molecular flexibility index (Phi) is 4.35. The van der Waals surface area contributed by atoms with Crippen LogP contribution in [-0.2, 0) is 4.79 Å². The standard InChI is InChI=1S/C15H27N5O2/c1-6-16-12(20-10-14(2,3)15(20,4)5)17-7-8-19-11(21)9-18-13(19)22/h6-10H2,1-5H3,(H,16,17)(H,18,22). The van der Waals surface area contributed by atoms with Crippen LogP contribution in [-0.4, -0.2) is 66.0 Å². The van der Waals surface area contributed by atoms with Crippen molar-refractivity contribution in [1.29, 1.82) is 0 Å². The lowest BCUT2D eigenvalue weighted by molar-refractivity contribution is -0.124. The fraction of sp³-hybridized carbons (Fsp3) is 0.800. The first-order valence-electron chi connectivity index (χ1n) is 7.85. The van der Waals surface area contributed by atoms with Crippen LogP contribution in [0.1, 0.15) is 34.6 Å². The van der Waals surface area contributed by atoms with E-state index in [0.717, 1.165) is 19.0 Å². The van der Waals surface area contributed by atoms with Gasteiger partial charge in [0.1, 0.15) is 0 Å². The lowest BCUT2D eigenvalue weighted by Crippen LogP contribution is -2.72. The molecule has 2 aliphatic rings. The van der Waals surface area contributed by atoms with Crippen LogP contribution in [0.3, 0.4) is 0 Å². The molecule has 0 aliphatic carbocycles. The molecule has 2 N–H and O–H groups in total. The summed E-state index contributed by atoms with van der Waals surface area (Å²) in [4.78, 5) is 31.1. The van der Waals surface area contributed by atoms with Gasteiger partial charge < -0.3 is 15.5 Å². The van der Waals surface area contributed by atoms with Gasteiger partial charge in [-0.3, -0.25) is 14.7 Å². The molecule has 0 unspecified atom stereocenters.